The SMILES string of the molecule is CCC1(C(=O)NCCC(C)C)Cn2nc(C=O)cc2C(=O)N1c1cccc(F)c1. The number of rotatable bonds is 7. The van der Waals surface area contributed by atoms with Crippen molar-refractivity contribution in [2.45, 2.75) is 45.7 Å². The number of fused-ring (bicyclic) bond motifs is 1. The van der Waals surface area contributed by atoms with Crippen molar-refractivity contribution in [1.82, 2.24) is 15.1 Å². The van der Waals surface area contributed by atoms with E-state index in [4.69, 9.17) is 0 Å². The molecule has 0 saturated carbocycles. The number of aromatic nitrogens is 2. The highest BCUT2D eigenvalue weighted by atomic mass is 19.1. The van der Waals surface area contributed by atoms with E-state index in [2.05, 4.69) is 24.3 Å². The molecular formula is C21H25FN4O3. The van der Waals surface area contributed by atoms with Crippen molar-refractivity contribution in [2.24, 2.45) is 5.92 Å². The first-order chi connectivity index (χ1) is 13.8. The van der Waals surface area contributed by atoms with Crippen molar-refractivity contribution < 1.29 is 18.8 Å². The van der Waals surface area contributed by atoms with E-state index in [1.54, 1.807) is 13.0 Å². The Kier molecular flexibility index (Phi) is 5.81. The number of nitrogens with zero attached hydrogens (tertiary/aromatic N) is 3. The molecule has 0 aliphatic carbocycles. The molecule has 0 radical (unpaired) electrons. The van der Waals surface area contributed by atoms with Gasteiger partial charge in [0.2, 0.25) is 5.91 Å². The van der Waals surface area contributed by atoms with Crippen LogP contribution in [0.25, 0.3) is 0 Å². The molecule has 1 aromatic carbocycles. The fraction of sp³-hybridized carbons (Fsp3) is 0.429. The molecule has 8 heteroatoms. The molecule has 1 atom stereocenters. The normalized spacial score (nSPS) is 18.7. The number of halogens is 1. The summed E-state index contributed by atoms with van der Waals surface area (Å²) in [7, 11) is 0. The molecule has 1 unspecified atom stereocenters. The van der Waals surface area contributed by atoms with Crippen molar-refractivity contribution in [3.05, 3.63) is 47.5 Å². The Morgan fingerprint density at radius 1 is 1.38 bits per heavy atom. The van der Waals surface area contributed by atoms with Crippen LogP contribution in [0.5, 0.6) is 0 Å². The highest BCUT2D eigenvalue weighted by Crippen LogP contribution is 2.35. The van der Waals surface area contributed by atoms with E-state index < -0.39 is 17.3 Å². The molecule has 0 saturated heterocycles. The van der Waals surface area contributed by atoms with Crippen LogP contribution in [0.1, 0.15) is 54.6 Å². The Bertz CT molecular complexity index is 940. The van der Waals surface area contributed by atoms with E-state index in [1.807, 2.05) is 0 Å². The molecule has 7 nitrogen and oxygen atoms in total. The Morgan fingerprint density at radius 2 is 2.14 bits per heavy atom. The van der Waals surface area contributed by atoms with Gasteiger partial charge < -0.3 is 5.32 Å². The molecular weight excluding hydrogens is 375 g/mol. The van der Waals surface area contributed by atoms with E-state index >= 15 is 0 Å². The minimum Gasteiger partial charge on any atom is -0.354 e. The van der Waals surface area contributed by atoms with Crippen molar-refractivity contribution in [1.29, 1.82) is 0 Å². The Labute approximate surface area is 168 Å². The van der Waals surface area contributed by atoms with Gasteiger partial charge in [-0.2, -0.15) is 5.10 Å². The summed E-state index contributed by atoms with van der Waals surface area (Å²) in [6, 6.07) is 6.99. The fourth-order valence-electron chi connectivity index (χ4n) is 3.64. The van der Waals surface area contributed by atoms with Crippen LogP contribution in [0, 0.1) is 11.7 Å². The molecule has 0 bridgehead atoms. The zero-order valence-electron chi connectivity index (χ0n) is 16.8. The molecule has 1 N–H and O–H groups in total. The van der Waals surface area contributed by atoms with Gasteiger partial charge in [0.05, 0.1) is 6.54 Å². The van der Waals surface area contributed by atoms with Crippen LogP contribution in [0.3, 0.4) is 0 Å². The minimum absolute atomic E-state index is 0.0719. The lowest BCUT2D eigenvalue weighted by Crippen LogP contribution is -2.66. The van der Waals surface area contributed by atoms with Gasteiger partial charge in [0, 0.05) is 12.2 Å². The van der Waals surface area contributed by atoms with Crippen LogP contribution in [0.15, 0.2) is 30.3 Å². The van der Waals surface area contributed by atoms with Gasteiger partial charge in [0.1, 0.15) is 22.7 Å². The van der Waals surface area contributed by atoms with Gasteiger partial charge in [-0.05, 0) is 43.0 Å². The summed E-state index contributed by atoms with van der Waals surface area (Å²) in [5.41, 5.74) is -0.702. The molecule has 3 rings (SSSR count). The molecule has 29 heavy (non-hydrogen) atoms. The van der Waals surface area contributed by atoms with Gasteiger partial charge in [-0.15, -0.1) is 0 Å². The second-order valence-electron chi connectivity index (χ2n) is 7.67. The van der Waals surface area contributed by atoms with E-state index in [9.17, 15) is 18.8 Å². The van der Waals surface area contributed by atoms with Crippen LogP contribution in [0.2, 0.25) is 0 Å². The van der Waals surface area contributed by atoms with Gasteiger partial charge in [0.25, 0.3) is 5.91 Å². The summed E-state index contributed by atoms with van der Waals surface area (Å²) in [6.07, 6.45) is 1.64. The molecule has 0 spiro atoms. The lowest BCUT2D eigenvalue weighted by Gasteiger charge is -2.45. The van der Waals surface area contributed by atoms with Crippen LogP contribution in [0.4, 0.5) is 10.1 Å². The average Bonchev–Trinajstić information content (AvgIpc) is 3.10. The van der Waals surface area contributed by atoms with Crippen molar-refractivity contribution in [3.63, 3.8) is 0 Å². The summed E-state index contributed by atoms with van der Waals surface area (Å²) >= 11 is 0. The second-order valence-corrected chi connectivity index (χ2v) is 7.67. The maximum atomic E-state index is 13.9. The third kappa shape index (κ3) is 3.79. The van der Waals surface area contributed by atoms with Gasteiger partial charge in [-0.25, -0.2) is 4.39 Å². The Hall–Kier alpha value is -3.03. The average molecular weight is 400 g/mol. The highest BCUT2D eigenvalue weighted by molar-refractivity contribution is 6.12. The highest BCUT2D eigenvalue weighted by Gasteiger charge is 2.51. The maximum absolute atomic E-state index is 13.9. The second kappa shape index (κ2) is 8.14. The summed E-state index contributed by atoms with van der Waals surface area (Å²) in [6.45, 7) is 6.46. The number of benzene rings is 1. The van der Waals surface area contributed by atoms with Crippen molar-refractivity contribution in [3.8, 4) is 0 Å². The van der Waals surface area contributed by atoms with E-state index in [-0.39, 0.29) is 29.5 Å². The van der Waals surface area contributed by atoms with Gasteiger partial charge in [-0.1, -0.05) is 26.8 Å². The first kappa shape index (κ1) is 20.7. The predicted molar refractivity (Wildman–Crippen MR) is 106 cm³/mol. The molecule has 2 aromatic rings. The first-order valence-electron chi connectivity index (χ1n) is 9.74. The number of nitrogens with one attached hydrogen (secondary N) is 1. The minimum atomic E-state index is -1.29. The number of aldehydes is 1. The topological polar surface area (TPSA) is 84.3 Å². The predicted octanol–water partition coefficient (Wildman–Crippen LogP) is 2.81. The number of anilines is 1. The largest absolute Gasteiger partial charge is 0.354 e. The fourth-order valence-corrected chi connectivity index (χ4v) is 3.64. The Morgan fingerprint density at radius 3 is 2.76 bits per heavy atom. The van der Waals surface area contributed by atoms with Crippen LogP contribution in [-0.4, -0.2) is 40.0 Å². The molecule has 1 aliphatic rings. The lowest BCUT2D eigenvalue weighted by atomic mass is 9.88. The van der Waals surface area contributed by atoms with Gasteiger partial charge in [0.15, 0.2) is 6.29 Å². The van der Waals surface area contributed by atoms with Crippen molar-refractivity contribution in [2.75, 3.05) is 11.4 Å². The number of amides is 2. The number of hydrogen-bond donors (Lipinski definition) is 1. The molecule has 2 amide bonds. The van der Waals surface area contributed by atoms with Crippen LogP contribution >= 0.6 is 0 Å². The van der Waals surface area contributed by atoms with Crippen LogP contribution in [-0.2, 0) is 11.3 Å². The standard InChI is InChI=1S/C21H25FN4O3/c1-4-21(20(29)23-9-8-14(2)3)13-25-18(11-16(12-27)24-25)19(28)26(21)17-7-5-6-15(22)10-17/h5-7,10-12,14H,4,8-9,13H2,1-3H3,(H,23,29). The lowest BCUT2D eigenvalue weighted by molar-refractivity contribution is -0.127. The quantitative estimate of drug-likeness (QED) is 0.725. The zero-order valence-corrected chi connectivity index (χ0v) is 16.8. The molecule has 1 aromatic heterocycles. The molecule has 1 aliphatic heterocycles. The number of hydrogen-bond acceptors (Lipinski definition) is 4. The number of carbonyl (C=O) groups excluding carboxylic acids is 3. The maximum Gasteiger partial charge on any atom is 0.277 e. The van der Waals surface area contributed by atoms with E-state index in [0.717, 1.165) is 6.42 Å². The van der Waals surface area contributed by atoms with E-state index in [1.165, 1.54) is 33.8 Å². The summed E-state index contributed by atoms with van der Waals surface area (Å²) in [5, 5.41) is 7.07. The summed E-state index contributed by atoms with van der Waals surface area (Å²) in [5.74, 6) is -0.920. The molecule has 154 valence electrons. The molecule has 0 fully saturated rings. The van der Waals surface area contributed by atoms with Gasteiger partial charge >= 0.3 is 0 Å². The number of carbonyl (C=O) groups is 3. The molecule has 2 heterocycles. The third-order valence-electron chi connectivity index (χ3n) is 5.26. The third-order valence-corrected chi connectivity index (χ3v) is 5.26. The van der Waals surface area contributed by atoms with Crippen LogP contribution < -0.4 is 10.2 Å². The monoisotopic (exact) mass is 400 g/mol. The van der Waals surface area contributed by atoms with Gasteiger partial charge in [-0.3, -0.25) is 24.0 Å². The Balaban J connectivity index is 2.09. The summed E-state index contributed by atoms with van der Waals surface area (Å²) < 4.78 is 15.3. The van der Waals surface area contributed by atoms with E-state index in [0.29, 0.717) is 25.2 Å². The zero-order chi connectivity index (χ0) is 21.2. The summed E-state index contributed by atoms with van der Waals surface area (Å²) in [4.78, 5) is 39.2. The smallest absolute Gasteiger partial charge is 0.277 e. The van der Waals surface area contributed by atoms with Crippen molar-refractivity contribution >= 4 is 23.8 Å². The first-order valence-corrected chi connectivity index (χ1v) is 9.74.